The molecule has 1 saturated carbocycles. The summed E-state index contributed by atoms with van der Waals surface area (Å²) in [6.45, 7) is 1.92. The van der Waals surface area contributed by atoms with Crippen molar-refractivity contribution in [1.29, 1.82) is 0 Å². The lowest BCUT2D eigenvalue weighted by Gasteiger charge is -2.07. The Morgan fingerprint density at radius 1 is 1.42 bits per heavy atom. The molecule has 0 bridgehead atoms. The minimum Gasteiger partial charge on any atom is -0.382 e. The first kappa shape index (κ1) is 7.59. The van der Waals surface area contributed by atoms with Crippen molar-refractivity contribution in [2.75, 3.05) is 5.32 Å². The van der Waals surface area contributed by atoms with Gasteiger partial charge in [-0.25, -0.2) is 4.39 Å². The number of halogens is 1. The Kier molecular flexibility index (Phi) is 1.75. The molecule has 1 aliphatic rings. The normalized spacial score (nSPS) is 16.2. The van der Waals surface area contributed by atoms with Crippen LogP contribution in [-0.2, 0) is 0 Å². The third kappa shape index (κ3) is 1.58. The van der Waals surface area contributed by atoms with Gasteiger partial charge in [-0.2, -0.15) is 0 Å². The monoisotopic (exact) mass is 165 g/mol. The number of aryl methyl sites for hydroxylation is 1. The van der Waals surface area contributed by atoms with Gasteiger partial charge < -0.3 is 5.32 Å². The van der Waals surface area contributed by atoms with Crippen molar-refractivity contribution in [2.45, 2.75) is 25.8 Å². The molecule has 0 amide bonds. The van der Waals surface area contributed by atoms with E-state index in [9.17, 15) is 4.39 Å². The summed E-state index contributed by atoms with van der Waals surface area (Å²) in [7, 11) is 0. The van der Waals surface area contributed by atoms with Crippen LogP contribution >= 0.6 is 0 Å². The van der Waals surface area contributed by atoms with Gasteiger partial charge in [0.15, 0.2) is 0 Å². The van der Waals surface area contributed by atoms with E-state index in [-0.39, 0.29) is 5.82 Å². The summed E-state index contributed by atoms with van der Waals surface area (Å²) in [5, 5.41) is 3.34. The summed E-state index contributed by atoms with van der Waals surface area (Å²) in [5.74, 6) is -0.158. The van der Waals surface area contributed by atoms with Gasteiger partial charge in [0.05, 0.1) is 0 Å². The summed E-state index contributed by atoms with van der Waals surface area (Å²) >= 11 is 0. The van der Waals surface area contributed by atoms with E-state index in [2.05, 4.69) is 5.32 Å². The summed E-state index contributed by atoms with van der Waals surface area (Å²) in [5.41, 5.74) is 2.06. The summed E-state index contributed by atoms with van der Waals surface area (Å²) in [6, 6.07) is 5.50. The zero-order chi connectivity index (χ0) is 8.55. The van der Waals surface area contributed by atoms with Gasteiger partial charge in [0.25, 0.3) is 0 Å². The molecule has 1 nitrogen and oxygen atoms in total. The molecule has 0 heterocycles. The molecule has 0 aliphatic heterocycles. The maximum absolute atomic E-state index is 12.7. The molecule has 0 atom stereocenters. The highest BCUT2D eigenvalue weighted by atomic mass is 19.1. The Balaban J connectivity index is 2.18. The standard InChI is InChI=1S/C10H12FN/c1-7-6-8(11)2-5-10(7)12-9-3-4-9/h2,5-6,9,12H,3-4H2,1H3. The van der Waals surface area contributed by atoms with Crippen LogP contribution < -0.4 is 5.32 Å². The minimum absolute atomic E-state index is 0.158. The summed E-state index contributed by atoms with van der Waals surface area (Å²) in [4.78, 5) is 0. The SMILES string of the molecule is Cc1cc(F)ccc1NC1CC1. The number of hydrogen-bond acceptors (Lipinski definition) is 1. The molecule has 1 aromatic carbocycles. The Morgan fingerprint density at radius 2 is 2.17 bits per heavy atom. The number of rotatable bonds is 2. The molecular formula is C10H12FN. The molecule has 1 aromatic rings. The maximum Gasteiger partial charge on any atom is 0.123 e. The quantitative estimate of drug-likeness (QED) is 0.710. The van der Waals surface area contributed by atoms with Crippen LogP contribution in [0.25, 0.3) is 0 Å². The van der Waals surface area contributed by atoms with Crippen LogP contribution in [0, 0.1) is 12.7 Å². The first-order valence-electron chi connectivity index (χ1n) is 4.28. The van der Waals surface area contributed by atoms with E-state index < -0.39 is 0 Å². The minimum atomic E-state index is -0.158. The average Bonchev–Trinajstić information content (AvgIpc) is 2.79. The van der Waals surface area contributed by atoms with Crippen molar-refractivity contribution in [3.8, 4) is 0 Å². The Morgan fingerprint density at radius 3 is 2.75 bits per heavy atom. The highest BCUT2D eigenvalue weighted by molar-refractivity contribution is 5.51. The van der Waals surface area contributed by atoms with E-state index in [0.717, 1.165) is 11.3 Å². The van der Waals surface area contributed by atoms with Crippen LogP contribution in [0.3, 0.4) is 0 Å². The Bertz CT molecular complexity index is 292. The van der Waals surface area contributed by atoms with Gasteiger partial charge >= 0.3 is 0 Å². The number of nitrogens with one attached hydrogen (secondary N) is 1. The fourth-order valence-electron chi connectivity index (χ4n) is 1.24. The molecule has 1 aliphatic carbocycles. The molecule has 0 saturated heterocycles. The molecule has 2 heteroatoms. The van der Waals surface area contributed by atoms with Gasteiger partial charge in [0.2, 0.25) is 0 Å². The van der Waals surface area contributed by atoms with Crippen LogP contribution in [0.4, 0.5) is 10.1 Å². The fourth-order valence-corrected chi connectivity index (χ4v) is 1.24. The van der Waals surface area contributed by atoms with Crippen molar-refractivity contribution < 1.29 is 4.39 Å². The first-order valence-corrected chi connectivity index (χ1v) is 4.28. The van der Waals surface area contributed by atoms with Gasteiger partial charge in [-0.1, -0.05) is 0 Å². The molecule has 1 fully saturated rings. The average molecular weight is 165 g/mol. The van der Waals surface area contributed by atoms with Crippen LogP contribution in [0.15, 0.2) is 18.2 Å². The van der Waals surface area contributed by atoms with Gasteiger partial charge in [0, 0.05) is 11.7 Å². The number of hydrogen-bond donors (Lipinski definition) is 1. The van der Waals surface area contributed by atoms with Crippen molar-refractivity contribution in [2.24, 2.45) is 0 Å². The maximum atomic E-state index is 12.7. The van der Waals surface area contributed by atoms with E-state index in [0.29, 0.717) is 6.04 Å². The molecule has 2 rings (SSSR count). The van der Waals surface area contributed by atoms with Crippen molar-refractivity contribution in [3.05, 3.63) is 29.6 Å². The van der Waals surface area contributed by atoms with E-state index in [4.69, 9.17) is 0 Å². The smallest absolute Gasteiger partial charge is 0.123 e. The lowest BCUT2D eigenvalue weighted by molar-refractivity contribution is 0.627. The van der Waals surface area contributed by atoms with E-state index in [1.165, 1.54) is 18.9 Å². The Hall–Kier alpha value is -1.05. The second-order valence-corrected chi connectivity index (χ2v) is 3.38. The summed E-state index contributed by atoms with van der Waals surface area (Å²) in [6.07, 6.45) is 2.49. The second kappa shape index (κ2) is 2.77. The lowest BCUT2D eigenvalue weighted by Crippen LogP contribution is -2.02. The third-order valence-corrected chi connectivity index (χ3v) is 2.13. The van der Waals surface area contributed by atoms with Crippen LogP contribution in [0.2, 0.25) is 0 Å². The highest BCUT2D eigenvalue weighted by Crippen LogP contribution is 2.26. The van der Waals surface area contributed by atoms with Crippen molar-refractivity contribution in [3.63, 3.8) is 0 Å². The van der Waals surface area contributed by atoms with Crippen LogP contribution in [-0.4, -0.2) is 6.04 Å². The molecule has 12 heavy (non-hydrogen) atoms. The van der Waals surface area contributed by atoms with Crippen molar-refractivity contribution >= 4 is 5.69 Å². The summed E-state index contributed by atoms with van der Waals surface area (Å²) < 4.78 is 12.7. The third-order valence-electron chi connectivity index (χ3n) is 2.13. The second-order valence-electron chi connectivity index (χ2n) is 3.38. The predicted octanol–water partition coefficient (Wildman–Crippen LogP) is 2.71. The highest BCUT2D eigenvalue weighted by Gasteiger charge is 2.21. The van der Waals surface area contributed by atoms with E-state index in [1.54, 1.807) is 6.07 Å². The molecule has 0 aromatic heterocycles. The zero-order valence-electron chi connectivity index (χ0n) is 7.10. The fraction of sp³-hybridized carbons (Fsp3) is 0.400. The molecule has 0 unspecified atom stereocenters. The van der Waals surface area contributed by atoms with Gasteiger partial charge in [-0.3, -0.25) is 0 Å². The zero-order valence-corrected chi connectivity index (χ0v) is 7.10. The number of anilines is 1. The topological polar surface area (TPSA) is 12.0 Å². The number of benzene rings is 1. The molecule has 1 N–H and O–H groups in total. The predicted molar refractivity (Wildman–Crippen MR) is 47.8 cm³/mol. The molecule has 64 valence electrons. The van der Waals surface area contributed by atoms with Crippen LogP contribution in [0.1, 0.15) is 18.4 Å². The van der Waals surface area contributed by atoms with Crippen molar-refractivity contribution in [1.82, 2.24) is 0 Å². The van der Waals surface area contributed by atoms with Gasteiger partial charge in [-0.15, -0.1) is 0 Å². The van der Waals surface area contributed by atoms with Gasteiger partial charge in [0.1, 0.15) is 5.82 Å². The molecule has 0 spiro atoms. The van der Waals surface area contributed by atoms with Gasteiger partial charge in [-0.05, 0) is 43.5 Å². The lowest BCUT2D eigenvalue weighted by atomic mass is 10.2. The van der Waals surface area contributed by atoms with E-state index in [1.807, 2.05) is 13.0 Å². The molecular weight excluding hydrogens is 153 g/mol. The van der Waals surface area contributed by atoms with E-state index >= 15 is 0 Å². The Labute approximate surface area is 71.6 Å². The molecule has 0 radical (unpaired) electrons. The first-order chi connectivity index (χ1) is 5.75. The largest absolute Gasteiger partial charge is 0.382 e. The van der Waals surface area contributed by atoms with Crippen LogP contribution in [0.5, 0.6) is 0 Å².